The number of alkyl carbamates (subject to hydrolysis) is 1. The second-order valence-corrected chi connectivity index (χ2v) is 17.2. The van der Waals surface area contributed by atoms with E-state index in [1.165, 1.54) is 34.0 Å². The molecule has 0 aliphatic heterocycles. The Kier molecular flexibility index (Phi) is 10.1. The Labute approximate surface area is 266 Å². The van der Waals surface area contributed by atoms with Crippen molar-refractivity contribution in [1.29, 1.82) is 0 Å². The summed E-state index contributed by atoms with van der Waals surface area (Å²) in [6.45, 7) is 8.31. The van der Waals surface area contributed by atoms with E-state index in [-0.39, 0.29) is 42.2 Å². The summed E-state index contributed by atoms with van der Waals surface area (Å²) in [6, 6.07) is 26.3. The zero-order valence-corrected chi connectivity index (χ0v) is 28.1. The van der Waals surface area contributed by atoms with Crippen LogP contribution in [0.15, 0.2) is 78.9 Å². The number of carbonyl (C=O) groups excluding carboxylic acids is 2. The fourth-order valence-electron chi connectivity index (χ4n) is 6.50. The Morgan fingerprint density at radius 1 is 0.930 bits per heavy atom. The number of aliphatic hydroxyl groups excluding tert-OH is 1. The average Bonchev–Trinajstić information content (AvgIpc) is 3.32. The summed E-state index contributed by atoms with van der Waals surface area (Å²) in [5.41, 5.74) is 3.88. The maximum atomic E-state index is 13.9. The van der Waals surface area contributed by atoms with Gasteiger partial charge in [-0.25, -0.2) is 0 Å². The summed E-state index contributed by atoms with van der Waals surface area (Å²) in [5, 5.41) is 15.4. The second-order valence-electron chi connectivity index (χ2n) is 12.8. The van der Waals surface area contributed by atoms with E-state index in [4.69, 9.17) is 4.74 Å². The van der Waals surface area contributed by atoms with Crippen LogP contribution in [0.5, 0.6) is 0 Å². The number of amides is 1. The van der Waals surface area contributed by atoms with Crippen molar-refractivity contribution in [3.63, 3.8) is 0 Å². The van der Waals surface area contributed by atoms with Gasteiger partial charge >= 0.3 is 268 Å². The number of benzene rings is 3. The zero-order chi connectivity index (χ0) is 30.6. The molecule has 0 saturated heterocycles. The van der Waals surface area contributed by atoms with Gasteiger partial charge in [-0.3, -0.25) is 0 Å². The van der Waals surface area contributed by atoms with Crippen LogP contribution >= 0.6 is 11.8 Å². The van der Waals surface area contributed by atoms with Crippen LogP contribution in [0.4, 0.5) is 4.79 Å². The van der Waals surface area contributed by atoms with Crippen LogP contribution in [-0.4, -0.2) is 54.8 Å². The first kappa shape index (κ1) is 31.8. The van der Waals surface area contributed by atoms with Crippen LogP contribution in [-0.2, 0) is 9.53 Å². The molecule has 0 heterocycles. The SMILES string of the molecule is C[C@H](NC(=O)OCC1c2ccccc2-c2ccccc21)[C@H]([Se]c1ccccc1)[C@H](O)C1(C(=O)SC(C)(C)C)CCCCC1. The Morgan fingerprint density at radius 3 is 2.07 bits per heavy atom. The molecule has 0 spiro atoms. The summed E-state index contributed by atoms with van der Waals surface area (Å²) < 4.78 is 6.76. The van der Waals surface area contributed by atoms with Gasteiger partial charge in [0.25, 0.3) is 0 Å². The van der Waals surface area contributed by atoms with E-state index in [0.717, 1.165) is 23.7 Å². The van der Waals surface area contributed by atoms with Crippen molar-refractivity contribution in [1.82, 2.24) is 5.32 Å². The number of hydrogen-bond donors (Lipinski definition) is 2. The van der Waals surface area contributed by atoms with Crippen LogP contribution in [0.1, 0.15) is 76.8 Å². The molecule has 2 aliphatic rings. The zero-order valence-electron chi connectivity index (χ0n) is 25.5. The molecule has 3 aromatic carbocycles. The molecule has 7 heteroatoms. The molecule has 1 saturated carbocycles. The minimum atomic E-state index is -0.876. The normalized spacial score (nSPS) is 18.2. The van der Waals surface area contributed by atoms with E-state index < -0.39 is 23.7 Å². The third-order valence-corrected chi connectivity index (χ3v) is 12.9. The van der Waals surface area contributed by atoms with Gasteiger partial charge in [0.1, 0.15) is 0 Å². The molecule has 0 aromatic heterocycles. The predicted octanol–water partition coefficient (Wildman–Crippen LogP) is 7.10. The van der Waals surface area contributed by atoms with Crippen LogP contribution < -0.4 is 9.78 Å². The third kappa shape index (κ3) is 7.23. The third-order valence-electron chi connectivity index (χ3n) is 8.63. The summed E-state index contributed by atoms with van der Waals surface area (Å²) in [5.74, 6) is -0.0269. The number of ether oxygens (including phenoxy) is 1. The van der Waals surface area contributed by atoms with Gasteiger partial charge in [-0.15, -0.1) is 0 Å². The van der Waals surface area contributed by atoms with Crippen molar-refractivity contribution < 1.29 is 19.4 Å². The van der Waals surface area contributed by atoms with Gasteiger partial charge in [0, 0.05) is 0 Å². The van der Waals surface area contributed by atoms with Gasteiger partial charge in [0.15, 0.2) is 0 Å². The molecule has 3 atom stereocenters. The summed E-state index contributed by atoms with van der Waals surface area (Å²) >= 11 is 1.16. The van der Waals surface area contributed by atoms with Crippen LogP contribution in [0.3, 0.4) is 0 Å². The first-order valence-electron chi connectivity index (χ1n) is 15.3. The molecule has 2 N–H and O–H groups in total. The number of fused-ring (bicyclic) bond motifs is 3. The second kappa shape index (κ2) is 13.6. The number of carbonyl (C=O) groups is 2. The molecule has 43 heavy (non-hydrogen) atoms. The number of thioether (sulfide) groups is 1. The first-order chi connectivity index (χ1) is 20.6. The monoisotopic (exact) mass is 665 g/mol. The Balaban J connectivity index is 1.34. The van der Waals surface area contributed by atoms with Crippen molar-refractivity contribution in [2.45, 2.75) is 87.4 Å². The molecule has 0 bridgehead atoms. The topological polar surface area (TPSA) is 75.6 Å². The van der Waals surface area contributed by atoms with E-state index in [9.17, 15) is 14.7 Å². The van der Waals surface area contributed by atoms with Gasteiger partial charge in [-0.1, -0.05) is 0 Å². The van der Waals surface area contributed by atoms with Crippen LogP contribution in [0, 0.1) is 5.41 Å². The molecule has 1 fully saturated rings. The van der Waals surface area contributed by atoms with E-state index in [0.29, 0.717) is 12.8 Å². The molecular weight excluding hydrogens is 621 g/mol. The van der Waals surface area contributed by atoms with Gasteiger partial charge in [-0.2, -0.15) is 0 Å². The maximum absolute atomic E-state index is 13.9. The van der Waals surface area contributed by atoms with Crippen molar-refractivity contribution >= 4 is 42.4 Å². The van der Waals surface area contributed by atoms with Gasteiger partial charge < -0.3 is 0 Å². The van der Waals surface area contributed by atoms with E-state index in [2.05, 4.69) is 41.7 Å². The number of hydrogen-bond acceptors (Lipinski definition) is 5. The van der Waals surface area contributed by atoms with E-state index in [1.54, 1.807) is 0 Å². The molecule has 0 radical (unpaired) electrons. The standard InChI is InChI=1S/C36H43NO4SSe/c1-24(37-34(40)41-23-30-28-19-11-9-17-26(28)27-18-10-12-20-29(27)30)31(43-25-15-7-5-8-16-25)32(38)36(21-13-6-14-22-36)33(39)42-35(2,3)4/h5,7-12,15-20,24,30-32,38H,6,13-14,21-23H2,1-4H3,(H,37,40)/t24-,31-,32-/m0/s1. The van der Waals surface area contributed by atoms with Crippen LogP contribution in [0.25, 0.3) is 11.1 Å². The minimum absolute atomic E-state index is 0.0269. The van der Waals surface area contributed by atoms with Gasteiger partial charge in [-0.05, 0) is 0 Å². The molecule has 228 valence electrons. The summed E-state index contributed by atoms with van der Waals surface area (Å²) in [6.07, 6.45) is 2.90. The quantitative estimate of drug-likeness (QED) is 0.239. The summed E-state index contributed by atoms with van der Waals surface area (Å²) in [4.78, 5) is 26.9. The van der Waals surface area contributed by atoms with E-state index >= 15 is 0 Å². The Morgan fingerprint density at radius 2 is 1.49 bits per heavy atom. The average molecular weight is 665 g/mol. The molecule has 3 aromatic rings. The molecule has 0 unspecified atom stereocenters. The fourth-order valence-corrected chi connectivity index (χ4v) is 10.3. The Bertz CT molecular complexity index is 1370. The molecule has 5 nitrogen and oxygen atoms in total. The van der Waals surface area contributed by atoms with Crippen molar-refractivity contribution in [2.75, 3.05) is 6.61 Å². The van der Waals surface area contributed by atoms with Crippen molar-refractivity contribution in [2.24, 2.45) is 5.41 Å². The molecule has 1 amide bonds. The van der Waals surface area contributed by atoms with Crippen LogP contribution in [0.2, 0.25) is 4.82 Å². The number of aliphatic hydroxyl groups is 1. The predicted molar refractivity (Wildman–Crippen MR) is 177 cm³/mol. The van der Waals surface area contributed by atoms with Gasteiger partial charge in [0.05, 0.1) is 0 Å². The van der Waals surface area contributed by atoms with Crippen molar-refractivity contribution in [3.8, 4) is 11.1 Å². The molecule has 5 rings (SSSR count). The van der Waals surface area contributed by atoms with Crippen molar-refractivity contribution in [3.05, 3.63) is 90.0 Å². The first-order valence-corrected chi connectivity index (χ1v) is 18.0. The number of nitrogens with one attached hydrogen (secondary N) is 1. The van der Waals surface area contributed by atoms with E-state index in [1.807, 2.05) is 70.2 Å². The molecular formula is C36H43NO4SSe. The van der Waals surface area contributed by atoms with Gasteiger partial charge in [0.2, 0.25) is 0 Å². The number of rotatable bonds is 9. The molecule has 2 aliphatic carbocycles. The summed E-state index contributed by atoms with van der Waals surface area (Å²) in [7, 11) is 0. The fraction of sp³-hybridized carbons (Fsp3) is 0.444. The Hall–Kier alpha value is -2.57.